The summed E-state index contributed by atoms with van der Waals surface area (Å²) in [5.41, 5.74) is 6.40. The van der Waals surface area contributed by atoms with Crippen LogP contribution in [0.5, 0.6) is 0 Å². The topological polar surface area (TPSA) is 80.9 Å². The number of amides is 1. The van der Waals surface area contributed by atoms with Gasteiger partial charge in [0.15, 0.2) is 0 Å². The molecule has 0 aliphatic heterocycles. The molecule has 0 saturated heterocycles. The highest BCUT2D eigenvalue weighted by molar-refractivity contribution is 6.29. The summed E-state index contributed by atoms with van der Waals surface area (Å²) in [5.74, 6) is -0.204. The summed E-state index contributed by atoms with van der Waals surface area (Å²) in [4.78, 5) is 20.2. The van der Waals surface area contributed by atoms with Gasteiger partial charge in [0, 0.05) is 12.2 Å². The lowest BCUT2D eigenvalue weighted by atomic mass is 9.84. The fourth-order valence-corrected chi connectivity index (χ4v) is 2.06. The van der Waals surface area contributed by atoms with Gasteiger partial charge in [-0.25, -0.2) is 9.97 Å². The Morgan fingerprint density at radius 3 is 2.58 bits per heavy atom. The number of carbonyl (C=O) groups is 1. The largest absolute Gasteiger partial charge is 0.330 e. The molecule has 0 fully saturated rings. The molecule has 0 aliphatic rings. The predicted octanol–water partition coefficient (Wildman–Crippen LogP) is 2.39. The smallest absolute Gasteiger partial charge is 0.231 e. The number of nitrogens with zero attached hydrogens (tertiary/aromatic N) is 2. The van der Waals surface area contributed by atoms with Crippen LogP contribution in [0.1, 0.15) is 32.9 Å². The van der Waals surface area contributed by atoms with Crippen molar-refractivity contribution in [1.82, 2.24) is 9.97 Å². The van der Waals surface area contributed by atoms with Crippen molar-refractivity contribution in [3.05, 3.63) is 16.9 Å². The number of aryl methyl sites for hydroxylation is 1. The van der Waals surface area contributed by atoms with E-state index in [9.17, 15) is 4.79 Å². The number of carbonyl (C=O) groups excluding carboxylic acids is 1. The summed E-state index contributed by atoms with van der Waals surface area (Å²) in [6, 6.07) is 1.63. The van der Waals surface area contributed by atoms with Crippen molar-refractivity contribution < 1.29 is 4.79 Å². The van der Waals surface area contributed by atoms with Gasteiger partial charge in [-0.2, -0.15) is 0 Å². The molecule has 0 bridgehead atoms. The third kappa shape index (κ3) is 5.53. The van der Waals surface area contributed by atoms with E-state index in [1.807, 2.05) is 0 Å². The van der Waals surface area contributed by atoms with E-state index in [0.717, 1.165) is 0 Å². The summed E-state index contributed by atoms with van der Waals surface area (Å²) in [6.45, 7) is 8.30. The predicted molar refractivity (Wildman–Crippen MR) is 77.0 cm³/mol. The minimum Gasteiger partial charge on any atom is -0.330 e. The molecule has 6 heteroatoms. The third-order valence-electron chi connectivity index (χ3n) is 2.57. The zero-order valence-electron chi connectivity index (χ0n) is 11.8. The number of rotatable bonds is 4. The lowest BCUT2D eigenvalue weighted by molar-refractivity contribution is -0.120. The fourth-order valence-electron chi connectivity index (χ4n) is 1.82. The maximum Gasteiger partial charge on any atom is 0.231 e. The Balaban J connectivity index is 2.77. The normalized spacial score (nSPS) is 13.2. The van der Waals surface area contributed by atoms with Gasteiger partial charge in [0.2, 0.25) is 11.9 Å². The zero-order chi connectivity index (χ0) is 14.6. The van der Waals surface area contributed by atoms with E-state index in [1.54, 1.807) is 13.0 Å². The van der Waals surface area contributed by atoms with Gasteiger partial charge in [0.25, 0.3) is 0 Å². The molecule has 0 aromatic carbocycles. The third-order valence-corrected chi connectivity index (χ3v) is 2.77. The first-order chi connectivity index (χ1) is 8.71. The molecule has 0 spiro atoms. The molecule has 1 heterocycles. The van der Waals surface area contributed by atoms with Crippen molar-refractivity contribution in [2.75, 3.05) is 11.9 Å². The van der Waals surface area contributed by atoms with Crippen LogP contribution in [0, 0.1) is 18.3 Å². The molecule has 0 saturated carbocycles. The lowest BCUT2D eigenvalue weighted by Crippen LogP contribution is -2.33. The number of hydrogen-bond donors (Lipinski definition) is 2. The van der Waals surface area contributed by atoms with Crippen LogP contribution in [0.25, 0.3) is 0 Å². The van der Waals surface area contributed by atoms with Gasteiger partial charge in [-0.3, -0.25) is 10.1 Å². The van der Waals surface area contributed by atoms with E-state index in [-0.39, 0.29) is 23.2 Å². The van der Waals surface area contributed by atoms with E-state index < -0.39 is 0 Å². The van der Waals surface area contributed by atoms with Gasteiger partial charge in [0.1, 0.15) is 5.15 Å². The molecule has 1 unspecified atom stereocenters. The summed E-state index contributed by atoms with van der Waals surface area (Å²) in [5, 5.41) is 2.98. The standard InChI is InChI=1S/C13H21ClN4O/c1-8-5-10(14)17-12(16-8)18-11(19)9(7-15)6-13(2,3)4/h5,9H,6-7,15H2,1-4H3,(H,16,17,18,19). The number of aromatic nitrogens is 2. The van der Waals surface area contributed by atoms with E-state index >= 15 is 0 Å². The van der Waals surface area contributed by atoms with Crippen LogP contribution in [0.15, 0.2) is 6.07 Å². The zero-order valence-corrected chi connectivity index (χ0v) is 12.6. The van der Waals surface area contributed by atoms with Gasteiger partial charge >= 0.3 is 0 Å². The number of hydrogen-bond acceptors (Lipinski definition) is 4. The highest BCUT2D eigenvalue weighted by atomic mass is 35.5. The Kier molecular flexibility index (Phi) is 5.26. The monoisotopic (exact) mass is 284 g/mol. The summed E-state index contributed by atoms with van der Waals surface area (Å²) < 4.78 is 0. The van der Waals surface area contributed by atoms with E-state index in [2.05, 4.69) is 36.1 Å². The summed E-state index contributed by atoms with van der Waals surface area (Å²) in [6.07, 6.45) is 0.703. The minimum atomic E-state index is -0.261. The Bertz CT molecular complexity index is 436. The van der Waals surface area contributed by atoms with Crippen molar-refractivity contribution in [2.45, 2.75) is 34.1 Å². The van der Waals surface area contributed by atoms with E-state index in [0.29, 0.717) is 23.8 Å². The van der Waals surface area contributed by atoms with Gasteiger partial charge < -0.3 is 5.73 Å². The quantitative estimate of drug-likeness (QED) is 0.832. The van der Waals surface area contributed by atoms with Gasteiger partial charge in [0.05, 0.1) is 5.92 Å². The molecule has 1 aromatic heterocycles. The number of halogens is 1. The average Bonchev–Trinajstić information content (AvgIpc) is 2.22. The van der Waals surface area contributed by atoms with Crippen molar-refractivity contribution in [2.24, 2.45) is 17.1 Å². The van der Waals surface area contributed by atoms with Gasteiger partial charge in [-0.15, -0.1) is 0 Å². The highest BCUT2D eigenvalue weighted by Crippen LogP contribution is 2.24. The summed E-state index contributed by atoms with van der Waals surface area (Å²) in [7, 11) is 0. The maximum absolute atomic E-state index is 12.1. The molecular formula is C13H21ClN4O. The first-order valence-electron chi connectivity index (χ1n) is 6.23. The van der Waals surface area contributed by atoms with Crippen molar-refractivity contribution in [3.63, 3.8) is 0 Å². The molecule has 0 radical (unpaired) electrons. The minimum absolute atomic E-state index is 0.0342. The molecule has 0 aliphatic carbocycles. The van der Waals surface area contributed by atoms with Crippen LogP contribution < -0.4 is 11.1 Å². The molecule has 1 rings (SSSR count). The molecule has 3 N–H and O–H groups in total. The van der Waals surface area contributed by atoms with Crippen LogP contribution in [0.4, 0.5) is 5.95 Å². The SMILES string of the molecule is Cc1cc(Cl)nc(NC(=O)C(CN)CC(C)(C)C)n1. The second-order valence-corrected chi connectivity index (χ2v) is 6.23. The van der Waals surface area contributed by atoms with Crippen LogP contribution in [-0.4, -0.2) is 22.4 Å². The molecule has 19 heavy (non-hydrogen) atoms. The lowest BCUT2D eigenvalue weighted by Gasteiger charge is -2.24. The number of nitrogens with one attached hydrogen (secondary N) is 1. The maximum atomic E-state index is 12.1. The van der Waals surface area contributed by atoms with E-state index in [4.69, 9.17) is 17.3 Å². The van der Waals surface area contributed by atoms with Crippen LogP contribution >= 0.6 is 11.6 Å². The Morgan fingerprint density at radius 2 is 2.11 bits per heavy atom. The summed E-state index contributed by atoms with van der Waals surface area (Å²) >= 11 is 5.83. The van der Waals surface area contributed by atoms with Crippen LogP contribution in [-0.2, 0) is 4.79 Å². The van der Waals surface area contributed by atoms with E-state index in [1.165, 1.54) is 0 Å². The molecular weight excluding hydrogens is 264 g/mol. The number of anilines is 1. The Labute approximate surface area is 119 Å². The van der Waals surface area contributed by atoms with Crippen molar-refractivity contribution in [3.8, 4) is 0 Å². The second kappa shape index (κ2) is 6.30. The average molecular weight is 285 g/mol. The van der Waals surface area contributed by atoms with Crippen molar-refractivity contribution >= 4 is 23.5 Å². The van der Waals surface area contributed by atoms with Crippen molar-refractivity contribution in [1.29, 1.82) is 0 Å². The number of nitrogens with two attached hydrogens (primary N) is 1. The first-order valence-corrected chi connectivity index (χ1v) is 6.61. The Morgan fingerprint density at radius 1 is 1.47 bits per heavy atom. The fraction of sp³-hybridized carbons (Fsp3) is 0.615. The highest BCUT2D eigenvalue weighted by Gasteiger charge is 2.24. The van der Waals surface area contributed by atoms with Gasteiger partial charge in [-0.1, -0.05) is 32.4 Å². The van der Waals surface area contributed by atoms with Crippen LogP contribution in [0.3, 0.4) is 0 Å². The van der Waals surface area contributed by atoms with Crippen LogP contribution in [0.2, 0.25) is 5.15 Å². The molecule has 106 valence electrons. The first kappa shape index (κ1) is 15.9. The molecule has 5 nitrogen and oxygen atoms in total. The molecule has 1 atom stereocenters. The Hall–Kier alpha value is -1.20. The second-order valence-electron chi connectivity index (χ2n) is 5.84. The molecule has 1 amide bonds. The molecule has 1 aromatic rings. The van der Waals surface area contributed by atoms with Gasteiger partial charge in [-0.05, 0) is 24.8 Å².